The second-order valence-corrected chi connectivity index (χ2v) is 5.11. The molecule has 7 heteroatoms. The molecular formula is C16H14N2O5. The van der Waals surface area contributed by atoms with Gasteiger partial charge >= 0.3 is 0 Å². The largest absolute Gasteiger partial charge is 0.485 e. The number of para-hydroxylation sites is 2. The van der Waals surface area contributed by atoms with Gasteiger partial charge in [-0.25, -0.2) is 0 Å². The fourth-order valence-electron chi connectivity index (χ4n) is 2.22. The Morgan fingerprint density at radius 2 is 2.00 bits per heavy atom. The number of fused-ring (bicyclic) bond motifs is 1. The number of anilines is 1. The van der Waals surface area contributed by atoms with Gasteiger partial charge in [-0.1, -0.05) is 18.2 Å². The summed E-state index contributed by atoms with van der Waals surface area (Å²) in [6.07, 6.45) is -0.816. The van der Waals surface area contributed by atoms with Crippen molar-refractivity contribution in [3.8, 4) is 11.5 Å². The van der Waals surface area contributed by atoms with Crippen molar-refractivity contribution >= 4 is 17.3 Å². The molecule has 1 aliphatic rings. The Bertz CT molecular complexity index is 775. The maximum atomic E-state index is 12.3. The molecule has 0 radical (unpaired) electrons. The fraction of sp³-hybridized carbons (Fsp3) is 0.188. The van der Waals surface area contributed by atoms with Crippen LogP contribution in [0.4, 0.5) is 11.4 Å². The molecule has 1 N–H and O–H groups in total. The molecule has 0 bridgehead atoms. The van der Waals surface area contributed by atoms with Crippen LogP contribution in [0.3, 0.4) is 0 Å². The number of nitrogens with zero attached hydrogens (tertiary/aromatic N) is 1. The Labute approximate surface area is 132 Å². The molecule has 1 aliphatic heterocycles. The van der Waals surface area contributed by atoms with Crippen molar-refractivity contribution in [3.05, 3.63) is 58.1 Å². The molecule has 118 valence electrons. The van der Waals surface area contributed by atoms with E-state index >= 15 is 0 Å². The summed E-state index contributed by atoms with van der Waals surface area (Å²) >= 11 is 0. The van der Waals surface area contributed by atoms with Crippen LogP contribution in [-0.4, -0.2) is 23.5 Å². The summed E-state index contributed by atoms with van der Waals surface area (Å²) in [5, 5.41) is 13.5. The van der Waals surface area contributed by atoms with Crippen molar-refractivity contribution < 1.29 is 19.2 Å². The highest BCUT2D eigenvalue weighted by Crippen LogP contribution is 2.31. The van der Waals surface area contributed by atoms with E-state index < -0.39 is 16.9 Å². The standard InChI is InChI=1S/C16H14N2O5/c1-10-6-7-11(18(20)21)8-12(10)17-16(19)15-9-22-13-4-2-3-5-14(13)23-15/h2-8,15H,9H2,1H3,(H,17,19). The molecular weight excluding hydrogens is 300 g/mol. The predicted molar refractivity (Wildman–Crippen MR) is 82.8 cm³/mol. The highest BCUT2D eigenvalue weighted by molar-refractivity contribution is 5.95. The summed E-state index contributed by atoms with van der Waals surface area (Å²) < 4.78 is 11.1. The van der Waals surface area contributed by atoms with Crippen molar-refractivity contribution in [2.24, 2.45) is 0 Å². The minimum atomic E-state index is -0.816. The summed E-state index contributed by atoms with van der Waals surface area (Å²) in [5.41, 5.74) is 1.02. The van der Waals surface area contributed by atoms with Gasteiger partial charge in [-0.2, -0.15) is 0 Å². The van der Waals surface area contributed by atoms with Crippen LogP contribution in [0.15, 0.2) is 42.5 Å². The van der Waals surface area contributed by atoms with Crippen LogP contribution in [0.5, 0.6) is 11.5 Å². The van der Waals surface area contributed by atoms with Crippen LogP contribution in [0.2, 0.25) is 0 Å². The quantitative estimate of drug-likeness (QED) is 0.695. The predicted octanol–water partition coefficient (Wildman–Crippen LogP) is 2.68. The second-order valence-electron chi connectivity index (χ2n) is 5.11. The van der Waals surface area contributed by atoms with Crippen LogP contribution < -0.4 is 14.8 Å². The highest BCUT2D eigenvalue weighted by Gasteiger charge is 2.27. The first kappa shape index (κ1) is 14.8. The number of hydrogen-bond donors (Lipinski definition) is 1. The summed E-state index contributed by atoms with van der Waals surface area (Å²) in [7, 11) is 0. The Balaban J connectivity index is 1.75. The van der Waals surface area contributed by atoms with Crippen LogP contribution in [-0.2, 0) is 4.79 Å². The van der Waals surface area contributed by atoms with Crippen LogP contribution in [0.25, 0.3) is 0 Å². The molecule has 0 aromatic heterocycles. The SMILES string of the molecule is Cc1ccc([N+](=O)[O-])cc1NC(=O)C1COc2ccccc2O1. The van der Waals surface area contributed by atoms with Gasteiger partial charge < -0.3 is 14.8 Å². The van der Waals surface area contributed by atoms with Crippen LogP contribution >= 0.6 is 0 Å². The molecule has 0 fully saturated rings. The van der Waals surface area contributed by atoms with E-state index in [9.17, 15) is 14.9 Å². The molecule has 0 saturated heterocycles. The zero-order valence-electron chi connectivity index (χ0n) is 12.3. The number of nitro benzene ring substituents is 1. The summed E-state index contributed by atoms with van der Waals surface area (Å²) in [5.74, 6) is 0.667. The number of ether oxygens (including phenoxy) is 2. The number of rotatable bonds is 3. The van der Waals surface area contributed by atoms with Crippen molar-refractivity contribution in [3.63, 3.8) is 0 Å². The Kier molecular flexibility index (Phi) is 3.84. The van der Waals surface area contributed by atoms with E-state index in [1.807, 2.05) is 6.07 Å². The van der Waals surface area contributed by atoms with Crippen molar-refractivity contribution in [1.82, 2.24) is 0 Å². The monoisotopic (exact) mass is 314 g/mol. The van der Waals surface area contributed by atoms with E-state index in [-0.39, 0.29) is 12.3 Å². The van der Waals surface area contributed by atoms with Crippen LogP contribution in [0.1, 0.15) is 5.56 Å². The van der Waals surface area contributed by atoms with E-state index in [1.165, 1.54) is 12.1 Å². The lowest BCUT2D eigenvalue weighted by Crippen LogP contribution is -2.40. The number of benzene rings is 2. The van der Waals surface area contributed by atoms with Crippen LogP contribution in [0, 0.1) is 17.0 Å². The van der Waals surface area contributed by atoms with Gasteiger partial charge in [0.05, 0.1) is 10.6 Å². The Morgan fingerprint density at radius 3 is 2.74 bits per heavy atom. The minimum absolute atomic E-state index is 0.0802. The molecule has 1 heterocycles. The van der Waals surface area contributed by atoms with Crippen molar-refractivity contribution in [2.45, 2.75) is 13.0 Å². The van der Waals surface area contributed by atoms with Gasteiger partial charge in [0, 0.05) is 12.1 Å². The number of carbonyl (C=O) groups is 1. The molecule has 0 spiro atoms. The molecule has 1 atom stereocenters. The third-order valence-electron chi connectivity index (χ3n) is 3.49. The summed E-state index contributed by atoms with van der Waals surface area (Å²) in [6.45, 7) is 1.84. The third-order valence-corrected chi connectivity index (χ3v) is 3.49. The van der Waals surface area contributed by atoms with E-state index in [1.54, 1.807) is 31.2 Å². The zero-order chi connectivity index (χ0) is 16.4. The first-order valence-electron chi connectivity index (χ1n) is 6.99. The smallest absolute Gasteiger partial charge is 0.271 e. The van der Waals surface area contributed by atoms with Gasteiger partial charge in [-0.3, -0.25) is 14.9 Å². The molecule has 3 rings (SSSR count). The second kappa shape index (κ2) is 5.96. The first-order chi connectivity index (χ1) is 11.0. The topological polar surface area (TPSA) is 90.7 Å². The van der Waals surface area contributed by atoms with Gasteiger partial charge in [-0.05, 0) is 24.6 Å². The lowest BCUT2D eigenvalue weighted by molar-refractivity contribution is -0.384. The lowest BCUT2D eigenvalue weighted by atomic mass is 10.1. The number of nitrogens with one attached hydrogen (secondary N) is 1. The highest BCUT2D eigenvalue weighted by atomic mass is 16.6. The molecule has 7 nitrogen and oxygen atoms in total. The number of amides is 1. The summed E-state index contributed by atoms with van der Waals surface area (Å²) in [6, 6.07) is 11.4. The van der Waals surface area contributed by atoms with E-state index in [2.05, 4.69) is 5.32 Å². The van der Waals surface area contributed by atoms with Gasteiger partial charge in [0.25, 0.3) is 11.6 Å². The minimum Gasteiger partial charge on any atom is -0.485 e. The van der Waals surface area contributed by atoms with E-state index in [0.29, 0.717) is 17.2 Å². The summed E-state index contributed by atoms with van der Waals surface area (Å²) in [4.78, 5) is 22.7. The molecule has 2 aromatic carbocycles. The lowest BCUT2D eigenvalue weighted by Gasteiger charge is -2.25. The number of aryl methyl sites for hydroxylation is 1. The van der Waals surface area contributed by atoms with Gasteiger partial charge in [-0.15, -0.1) is 0 Å². The molecule has 23 heavy (non-hydrogen) atoms. The number of non-ortho nitro benzene ring substituents is 1. The van der Waals surface area contributed by atoms with Gasteiger partial charge in [0.2, 0.25) is 6.10 Å². The number of carbonyl (C=O) groups excluding carboxylic acids is 1. The van der Waals surface area contributed by atoms with Gasteiger partial charge in [0.1, 0.15) is 6.61 Å². The van der Waals surface area contributed by atoms with Gasteiger partial charge in [0.15, 0.2) is 11.5 Å². The zero-order valence-corrected chi connectivity index (χ0v) is 12.3. The molecule has 2 aromatic rings. The molecule has 1 amide bonds. The van der Waals surface area contributed by atoms with E-state index in [4.69, 9.17) is 9.47 Å². The average molecular weight is 314 g/mol. The number of hydrogen-bond acceptors (Lipinski definition) is 5. The molecule has 0 aliphatic carbocycles. The maximum absolute atomic E-state index is 12.3. The maximum Gasteiger partial charge on any atom is 0.271 e. The normalized spacial score (nSPS) is 15.8. The average Bonchev–Trinajstić information content (AvgIpc) is 2.56. The molecule has 0 saturated carbocycles. The third kappa shape index (κ3) is 3.08. The van der Waals surface area contributed by atoms with E-state index in [0.717, 1.165) is 5.56 Å². The number of nitro groups is 1. The first-order valence-corrected chi connectivity index (χ1v) is 6.99. The van der Waals surface area contributed by atoms with Crippen molar-refractivity contribution in [1.29, 1.82) is 0 Å². The Hall–Kier alpha value is -3.09. The van der Waals surface area contributed by atoms with Crippen molar-refractivity contribution in [2.75, 3.05) is 11.9 Å². The fourth-order valence-corrected chi connectivity index (χ4v) is 2.22. The molecule has 1 unspecified atom stereocenters. The Morgan fingerprint density at radius 1 is 1.26 bits per heavy atom.